The fourth-order valence-corrected chi connectivity index (χ4v) is 1.80. The molecule has 0 saturated carbocycles. The Morgan fingerprint density at radius 2 is 1.93 bits per heavy atom. The van der Waals surface area contributed by atoms with E-state index >= 15 is 0 Å². The molecule has 0 aliphatic rings. The largest absolute Gasteiger partial charge is 0.478 e. The zero-order valence-electron chi connectivity index (χ0n) is 7.97. The molecule has 1 aromatic rings. The van der Waals surface area contributed by atoms with E-state index < -0.39 is 22.4 Å². The van der Waals surface area contributed by atoms with Crippen LogP contribution in [0.15, 0.2) is 23.1 Å². The highest BCUT2D eigenvalue weighted by Crippen LogP contribution is 2.15. The summed E-state index contributed by atoms with van der Waals surface area (Å²) >= 11 is 0. The molecule has 0 bridgehead atoms. The molecule has 1 rings (SSSR count). The molecule has 0 heterocycles. The highest BCUT2D eigenvalue weighted by atomic mass is 32.2. The maximum atomic E-state index is 11.2. The third-order valence-corrected chi connectivity index (χ3v) is 2.92. The average Bonchev–Trinajstić information content (AvgIpc) is 2.15. The Morgan fingerprint density at radius 3 is 2.33 bits per heavy atom. The highest BCUT2D eigenvalue weighted by Gasteiger charge is 2.13. The van der Waals surface area contributed by atoms with Gasteiger partial charge in [-0.05, 0) is 23.8 Å². The first-order valence-corrected chi connectivity index (χ1v) is 5.92. The van der Waals surface area contributed by atoms with Gasteiger partial charge in [0.1, 0.15) is 0 Å². The van der Waals surface area contributed by atoms with Crippen LogP contribution in [0.25, 0.3) is 0 Å². The molecule has 5 nitrogen and oxygen atoms in total. The van der Waals surface area contributed by atoms with E-state index in [1.807, 2.05) is 0 Å². The van der Waals surface area contributed by atoms with Crippen LogP contribution in [0.2, 0.25) is 0 Å². The van der Waals surface area contributed by atoms with E-state index in [4.69, 9.17) is 10.2 Å². The van der Waals surface area contributed by atoms with E-state index in [9.17, 15) is 13.2 Å². The number of aliphatic hydroxyl groups excluding tert-OH is 1. The number of sulfone groups is 1. The fourth-order valence-electron chi connectivity index (χ4n) is 1.09. The summed E-state index contributed by atoms with van der Waals surface area (Å²) in [6.07, 6.45) is 0.981. The van der Waals surface area contributed by atoms with E-state index in [1.54, 1.807) is 0 Å². The summed E-state index contributed by atoms with van der Waals surface area (Å²) in [7, 11) is -3.47. The molecule has 0 aliphatic heterocycles. The van der Waals surface area contributed by atoms with Crippen LogP contribution in [0, 0.1) is 0 Å². The lowest BCUT2D eigenvalue weighted by molar-refractivity contribution is 0.0696. The first kappa shape index (κ1) is 11.7. The van der Waals surface area contributed by atoms with E-state index in [2.05, 4.69) is 0 Å². The summed E-state index contributed by atoms with van der Waals surface area (Å²) in [6, 6.07) is 3.55. The van der Waals surface area contributed by atoms with Crippen LogP contribution in [-0.2, 0) is 16.4 Å². The van der Waals surface area contributed by atoms with Gasteiger partial charge in [0.2, 0.25) is 0 Å². The van der Waals surface area contributed by atoms with Gasteiger partial charge in [-0.25, -0.2) is 13.2 Å². The van der Waals surface area contributed by atoms with Crippen molar-refractivity contribution in [1.29, 1.82) is 0 Å². The summed E-state index contributed by atoms with van der Waals surface area (Å²) in [6.45, 7) is -0.399. The van der Waals surface area contributed by atoms with Crippen LogP contribution < -0.4 is 0 Å². The van der Waals surface area contributed by atoms with Crippen LogP contribution in [0.5, 0.6) is 0 Å². The Morgan fingerprint density at radius 1 is 1.33 bits per heavy atom. The summed E-state index contributed by atoms with van der Waals surface area (Å²) in [5, 5.41) is 17.6. The number of carboxylic acid groups (broad SMARTS) is 1. The second-order valence-corrected chi connectivity index (χ2v) is 5.12. The minimum absolute atomic E-state index is 0.105. The van der Waals surface area contributed by atoms with Crippen LogP contribution in [0.3, 0.4) is 0 Å². The standard InChI is InChI=1S/C9H10O5S/c1-15(13,14)8-3-6(5-10)2-7(4-8)9(11)12/h2-4,10H,5H2,1H3,(H,11,12). The molecular formula is C9H10O5S. The number of rotatable bonds is 3. The predicted octanol–water partition coefficient (Wildman–Crippen LogP) is 0.281. The zero-order chi connectivity index (χ0) is 11.6. The molecule has 0 fully saturated rings. The van der Waals surface area contributed by atoms with Crippen molar-refractivity contribution in [3.8, 4) is 0 Å². The van der Waals surface area contributed by atoms with Gasteiger partial charge in [-0.3, -0.25) is 0 Å². The van der Waals surface area contributed by atoms with Gasteiger partial charge in [0.25, 0.3) is 0 Å². The molecule has 82 valence electrons. The number of carboxylic acids is 1. The summed E-state index contributed by atoms with van der Waals surface area (Å²) in [4.78, 5) is 10.6. The number of carbonyl (C=O) groups is 1. The van der Waals surface area contributed by atoms with Gasteiger partial charge in [-0.1, -0.05) is 0 Å². The molecule has 0 unspecified atom stereocenters. The Hall–Kier alpha value is -1.40. The maximum absolute atomic E-state index is 11.2. The molecule has 0 saturated heterocycles. The Bertz CT molecular complexity index is 489. The van der Waals surface area contributed by atoms with Gasteiger partial charge in [0.05, 0.1) is 17.1 Å². The molecule has 1 aromatic carbocycles. The number of aliphatic hydroxyl groups is 1. The first-order valence-electron chi connectivity index (χ1n) is 4.03. The van der Waals surface area contributed by atoms with E-state index in [1.165, 1.54) is 12.1 Å². The molecule has 15 heavy (non-hydrogen) atoms. The van der Waals surface area contributed by atoms with Gasteiger partial charge < -0.3 is 10.2 Å². The number of benzene rings is 1. The third kappa shape index (κ3) is 2.77. The zero-order valence-corrected chi connectivity index (χ0v) is 8.78. The minimum Gasteiger partial charge on any atom is -0.478 e. The number of hydrogen-bond donors (Lipinski definition) is 2. The molecule has 0 aliphatic carbocycles. The predicted molar refractivity (Wildman–Crippen MR) is 52.4 cm³/mol. The maximum Gasteiger partial charge on any atom is 0.335 e. The second-order valence-electron chi connectivity index (χ2n) is 3.10. The Balaban J connectivity index is 3.43. The van der Waals surface area contributed by atoms with Crippen molar-refractivity contribution < 1.29 is 23.4 Å². The van der Waals surface area contributed by atoms with Crippen molar-refractivity contribution in [3.63, 3.8) is 0 Å². The van der Waals surface area contributed by atoms with Crippen molar-refractivity contribution in [1.82, 2.24) is 0 Å². The van der Waals surface area contributed by atoms with Gasteiger partial charge in [-0.2, -0.15) is 0 Å². The van der Waals surface area contributed by atoms with Crippen LogP contribution in [0.1, 0.15) is 15.9 Å². The van der Waals surface area contributed by atoms with Gasteiger partial charge in [0.15, 0.2) is 9.84 Å². The first-order chi connectivity index (χ1) is 6.84. The van der Waals surface area contributed by atoms with Gasteiger partial charge in [0, 0.05) is 6.26 Å². The lowest BCUT2D eigenvalue weighted by Crippen LogP contribution is -2.04. The third-order valence-electron chi connectivity index (χ3n) is 1.82. The second kappa shape index (κ2) is 4.00. The number of hydrogen-bond acceptors (Lipinski definition) is 4. The highest BCUT2D eigenvalue weighted by molar-refractivity contribution is 7.90. The molecule has 6 heteroatoms. The van der Waals surface area contributed by atoms with Crippen LogP contribution in [-0.4, -0.2) is 30.9 Å². The van der Waals surface area contributed by atoms with E-state index in [0.29, 0.717) is 0 Å². The Labute approximate surface area is 86.9 Å². The topological polar surface area (TPSA) is 91.7 Å². The van der Waals surface area contributed by atoms with Crippen molar-refractivity contribution >= 4 is 15.8 Å². The molecule has 0 spiro atoms. The molecule has 2 N–H and O–H groups in total. The van der Waals surface area contributed by atoms with Crippen molar-refractivity contribution in [2.45, 2.75) is 11.5 Å². The van der Waals surface area contributed by atoms with Gasteiger partial charge in [-0.15, -0.1) is 0 Å². The van der Waals surface area contributed by atoms with E-state index in [0.717, 1.165) is 12.3 Å². The minimum atomic E-state index is -3.47. The van der Waals surface area contributed by atoms with Crippen molar-refractivity contribution in [3.05, 3.63) is 29.3 Å². The van der Waals surface area contributed by atoms with Crippen molar-refractivity contribution in [2.24, 2.45) is 0 Å². The molecular weight excluding hydrogens is 220 g/mol. The van der Waals surface area contributed by atoms with Crippen molar-refractivity contribution in [2.75, 3.05) is 6.26 Å². The van der Waals surface area contributed by atoms with Crippen LogP contribution >= 0.6 is 0 Å². The molecule has 0 aromatic heterocycles. The monoisotopic (exact) mass is 230 g/mol. The smallest absolute Gasteiger partial charge is 0.335 e. The van der Waals surface area contributed by atoms with Gasteiger partial charge >= 0.3 is 5.97 Å². The average molecular weight is 230 g/mol. The Kier molecular flexibility index (Phi) is 3.11. The summed E-state index contributed by atoms with van der Waals surface area (Å²) in [5.41, 5.74) is 0.109. The fraction of sp³-hybridized carbons (Fsp3) is 0.222. The van der Waals surface area contributed by atoms with Crippen LogP contribution in [0.4, 0.5) is 0 Å². The summed E-state index contributed by atoms with van der Waals surface area (Å²) < 4.78 is 22.4. The molecule has 0 atom stereocenters. The molecule has 0 radical (unpaired) electrons. The summed E-state index contributed by atoms with van der Waals surface area (Å²) in [5.74, 6) is -1.23. The van der Waals surface area contributed by atoms with E-state index in [-0.39, 0.29) is 16.0 Å². The quantitative estimate of drug-likeness (QED) is 0.778. The number of aromatic carboxylic acids is 1. The molecule has 0 amide bonds. The lowest BCUT2D eigenvalue weighted by Gasteiger charge is -2.03. The SMILES string of the molecule is CS(=O)(=O)c1cc(CO)cc(C(=O)O)c1. The lowest BCUT2D eigenvalue weighted by atomic mass is 10.1. The normalized spacial score (nSPS) is 11.3.